The summed E-state index contributed by atoms with van der Waals surface area (Å²) < 4.78 is 40.8. The van der Waals surface area contributed by atoms with Gasteiger partial charge in [0.25, 0.3) is 0 Å². The van der Waals surface area contributed by atoms with Crippen LogP contribution < -0.4 is 10.1 Å². The molecule has 1 rings (SSSR count). The van der Waals surface area contributed by atoms with Crippen LogP contribution in [0.4, 0.5) is 13.2 Å². The Bertz CT molecular complexity index is 367. The van der Waals surface area contributed by atoms with E-state index in [-0.39, 0.29) is 5.88 Å². The summed E-state index contributed by atoms with van der Waals surface area (Å²) in [5.41, 5.74) is 0.931. The number of nitrogens with zero attached hydrogens (tertiary/aromatic N) is 1. The first kappa shape index (κ1) is 14.8. The Balaban J connectivity index is 2.44. The molecule has 0 amide bonds. The predicted octanol–water partition coefficient (Wildman–Crippen LogP) is 2.91. The standard InChI is InChI=1S/C12H17F3N2O/c1-9(2)17-8-10-3-5-16-11(7-10)18-6-4-12(13,14)15/h3,5,7,9,17H,4,6,8H2,1-2H3. The van der Waals surface area contributed by atoms with E-state index >= 15 is 0 Å². The molecular formula is C12H17F3N2O. The fraction of sp³-hybridized carbons (Fsp3) is 0.583. The van der Waals surface area contributed by atoms with Gasteiger partial charge < -0.3 is 10.1 Å². The minimum Gasteiger partial charge on any atom is -0.477 e. The number of alkyl halides is 3. The van der Waals surface area contributed by atoms with E-state index in [9.17, 15) is 13.2 Å². The first-order valence-corrected chi connectivity index (χ1v) is 5.74. The summed E-state index contributed by atoms with van der Waals surface area (Å²) in [6, 6.07) is 3.78. The Morgan fingerprint density at radius 1 is 1.39 bits per heavy atom. The summed E-state index contributed by atoms with van der Waals surface area (Å²) in [7, 11) is 0. The van der Waals surface area contributed by atoms with Gasteiger partial charge in [0, 0.05) is 24.8 Å². The predicted molar refractivity (Wildman–Crippen MR) is 62.4 cm³/mol. The summed E-state index contributed by atoms with van der Waals surface area (Å²) in [6.45, 7) is 4.26. The van der Waals surface area contributed by atoms with Gasteiger partial charge in [0.15, 0.2) is 0 Å². The van der Waals surface area contributed by atoms with Crippen LogP contribution in [0.1, 0.15) is 25.8 Å². The van der Waals surface area contributed by atoms with Gasteiger partial charge in [-0.2, -0.15) is 13.2 Å². The lowest BCUT2D eigenvalue weighted by atomic mass is 10.2. The van der Waals surface area contributed by atoms with Crippen molar-refractivity contribution in [3.63, 3.8) is 0 Å². The molecule has 0 aliphatic heterocycles. The van der Waals surface area contributed by atoms with Crippen LogP contribution in [-0.4, -0.2) is 23.8 Å². The molecule has 0 aromatic carbocycles. The summed E-state index contributed by atoms with van der Waals surface area (Å²) in [5.74, 6) is 0.224. The Morgan fingerprint density at radius 3 is 2.72 bits per heavy atom. The zero-order valence-corrected chi connectivity index (χ0v) is 10.4. The zero-order valence-electron chi connectivity index (χ0n) is 10.4. The molecule has 0 saturated heterocycles. The van der Waals surface area contributed by atoms with Gasteiger partial charge in [-0.15, -0.1) is 0 Å². The van der Waals surface area contributed by atoms with Crippen molar-refractivity contribution in [2.75, 3.05) is 6.61 Å². The molecule has 3 nitrogen and oxygen atoms in total. The topological polar surface area (TPSA) is 34.2 Å². The van der Waals surface area contributed by atoms with E-state index in [4.69, 9.17) is 4.74 Å². The first-order valence-electron chi connectivity index (χ1n) is 5.74. The Kier molecular flexibility index (Phi) is 5.40. The lowest BCUT2D eigenvalue weighted by Crippen LogP contribution is -2.21. The number of rotatable bonds is 6. The van der Waals surface area contributed by atoms with Gasteiger partial charge in [0.1, 0.15) is 0 Å². The van der Waals surface area contributed by atoms with E-state index in [0.717, 1.165) is 5.56 Å². The quantitative estimate of drug-likeness (QED) is 0.856. The minimum absolute atomic E-state index is 0.224. The molecule has 6 heteroatoms. The Labute approximate surface area is 104 Å². The van der Waals surface area contributed by atoms with E-state index in [2.05, 4.69) is 10.3 Å². The van der Waals surface area contributed by atoms with Crippen molar-refractivity contribution in [2.24, 2.45) is 0 Å². The summed E-state index contributed by atoms with van der Waals surface area (Å²) in [6.07, 6.45) is -3.64. The van der Waals surface area contributed by atoms with E-state index in [1.807, 2.05) is 13.8 Å². The van der Waals surface area contributed by atoms with Crippen LogP contribution in [0, 0.1) is 0 Å². The van der Waals surface area contributed by atoms with Crippen LogP contribution in [0.3, 0.4) is 0 Å². The molecule has 0 aliphatic carbocycles. The van der Waals surface area contributed by atoms with Crippen molar-refractivity contribution in [3.8, 4) is 5.88 Å². The molecule has 0 fully saturated rings. The molecule has 1 aromatic heterocycles. The molecule has 0 unspecified atom stereocenters. The minimum atomic E-state index is -4.20. The largest absolute Gasteiger partial charge is 0.477 e. The number of hydrogen-bond acceptors (Lipinski definition) is 3. The van der Waals surface area contributed by atoms with Gasteiger partial charge in [0.05, 0.1) is 13.0 Å². The van der Waals surface area contributed by atoms with Gasteiger partial charge in [-0.1, -0.05) is 13.8 Å². The molecule has 1 heterocycles. The molecule has 0 spiro atoms. The third-order valence-corrected chi connectivity index (χ3v) is 2.15. The number of hydrogen-bond donors (Lipinski definition) is 1. The smallest absolute Gasteiger partial charge is 0.392 e. The lowest BCUT2D eigenvalue weighted by molar-refractivity contribution is -0.139. The molecule has 1 aromatic rings. The van der Waals surface area contributed by atoms with E-state index < -0.39 is 19.2 Å². The van der Waals surface area contributed by atoms with Gasteiger partial charge in [-0.25, -0.2) is 4.98 Å². The Hall–Kier alpha value is -1.30. The molecule has 0 saturated carbocycles. The molecule has 0 aliphatic rings. The average molecular weight is 262 g/mol. The number of aromatic nitrogens is 1. The molecule has 0 bridgehead atoms. The number of ether oxygens (including phenoxy) is 1. The highest BCUT2D eigenvalue weighted by molar-refractivity contribution is 5.20. The fourth-order valence-electron chi connectivity index (χ4n) is 1.23. The lowest BCUT2D eigenvalue weighted by Gasteiger charge is -2.10. The summed E-state index contributed by atoms with van der Waals surface area (Å²) in [5, 5.41) is 3.21. The van der Waals surface area contributed by atoms with Gasteiger partial charge >= 0.3 is 6.18 Å². The van der Waals surface area contributed by atoms with Crippen LogP contribution in [0.15, 0.2) is 18.3 Å². The van der Waals surface area contributed by atoms with Gasteiger partial charge in [-0.05, 0) is 11.6 Å². The SMILES string of the molecule is CC(C)NCc1ccnc(OCCC(F)(F)F)c1. The van der Waals surface area contributed by atoms with Gasteiger partial charge in [0.2, 0.25) is 5.88 Å². The maximum absolute atomic E-state index is 11.9. The second-order valence-corrected chi connectivity index (χ2v) is 4.25. The molecule has 0 atom stereocenters. The first-order chi connectivity index (χ1) is 8.37. The molecule has 1 N–H and O–H groups in total. The number of pyridine rings is 1. The van der Waals surface area contributed by atoms with E-state index in [1.165, 1.54) is 6.20 Å². The molecule has 18 heavy (non-hydrogen) atoms. The monoisotopic (exact) mass is 262 g/mol. The highest BCUT2D eigenvalue weighted by atomic mass is 19.4. The normalized spacial score (nSPS) is 11.9. The average Bonchev–Trinajstić information content (AvgIpc) is 2.25. The fourth-order valence-corrected chi connectivity index (χ4v) is 1.23. The second kappa shape index (κ2) is 6.58. The summed E-state index contributed by atoms with van der Waals surface area (Å²) >= 11 is 0. The van der Waals surface area contributed by atoms with Crippen LogP contribution in [0.2, 0.25) is 0 Å². The van der Waals surface area contributed by atoms with Crippen LogP contribution >= 0.6 is 0 Å². The van der Waals surface area contributed by atoms with Gasteiger partial charge in [-0.3, -0.25) is 0 Å². The van der Waals surface area contributed by atoms with E-state index in [0.29, 0.717) is 12.6 Å². The second-order valence-electron chi connectivity index (χ2n) is 4.25. The van der Waals surface area contributed by atoms with Crippen LogP contribution in [-0.2, 0) is 6.54 Å². The van der Waals surface area contributed by atoms with Crippen molar-refractivity contribution in [2.45, 2.75) is 39.0 Å². The van der Waals surface area contributed by atoms with Crippen molar-refractivity contribution in [1.29, 1.82) is 0 Å². The highest BCUT2D eigenvalue weighted by Crippen LogP contribution is 2.19. The molecular weight excluding hydrogens is 245 g/mol. The van der Waals surface area contributed by atoms with Crippen molar-refractivity contribution >= 4 is 0 Å². The third kappa shape index (κ3) is 6.44. The van der Waals surface area contributed by atoms with E-state index in [1.54, 1.807) is 12.1 Å². The van der Waals surface area contributed by atoms with Crippen molar-refractivity contribution in [3.05, 3.63) is 23.9 Å². The third-order valence-electron chi connectivity index (χ3n) is 2.15. The number of nitrogens with one attached hydrogen (secondary N) is 1. The van der Waals surface area contributed by atoms with Crippen LogP contribution in [0.5, 0.6) is 5.88 Å². The maximum Gasteiger partial charge on any atom is 0.392 e. The molecule has 0 radical (unpaired) electrons. The van der Waals surface area contributed by atoms with Crippen molar-refractivity contribution in [1.82, 2.24) is 10.3 Å². The Morgan fingerprint density at radius 2 is 2.11 bits per heavy atom. The summed E-state index contributed by atoms with van der Waals surface area (Å²) in [4.78, 5) is 3.87. The zero-order chi connectivity index (χ0) is 13.6. The maximum atomic E-state index is 11.9. The highest BCUT2D eigenvalue weighted by Gasteiger charge is 2.26. The molecule has 102 valence electrons. The van der Waals surface area contributed by atoms with Crippen LogP contribution in [0.25, 0.3) is 0 Å². The number of halogens is 3. The van der Waals surface area contributed by atoms with Crippen molar-refractivity contribution < 1.29 is 17.9 Å².